The van der Waals surface area contributed by atoms with Gasteiger partial charge in [-0.25, -0.2) is 18.1 Å². The smallest absolute Gasteiger partial charge is 0.323 e. The van der Waals surface area contributed by atoms with Crippen molar-refractivity contribution in [3.8, 4) is 0 Å². The highest BCUT2D eigenvalue weighted by Crippen LogP contribution is 2.36. The Balaban J connectivity index is 1.52. The fourth-order valence-electron chi connectivity index (χ4n) is 4.68. The van der Waals surface area contributed by atoms with Crippen LogP contribution in [-0.4, -0.2) is 60.1 Å². The Labute approximate surface area is 192 Å². The molecule has 32 heavy (non-hydrogen) atoms. The van der Waals surface area contributed by atoms with Crippen LogP contribution in [0.1, 0.15) is 51.9 Å². The van der Waals surface area contributed by atoms with Gasteiger partial charge in [-0.15, -0.1) is 0 Å². The third kappa shape index (κ3) is 3.99. The van der Waals surface area contributed by atoms with Crippen LogP contribution in [0.25, 0.3) is 0 Å². The van der Waals surface area contributed by atoms with Gasteiger partial charge < -0.3 is 10.6 Å². The zero-order valence-electron chi connectivity index (χ0n) is 17.9. The third-order valence-electron chi connectivity index (χ3n) is 6.57. The number of carbonyl (C=O) groups is 3. The highest BCUT2D eigenvalue weighted by molar-refractivity contribution is 7.89. The molecule has 1 atom stereocenters. The summed E-state index contributed by atoms with van der Waals surface area (Å²) >= 11 is 6.21. The molecule has 2 aliphatic heterocycles. The molecule has 1 aliphatic carbocycles. The first-order chi connectivity index (χ1) is 15.2. The van der Waals surface area contributed by atoms with Crippen molar-refractivity contribution < 1.29 is 22.8 Å². The van der Waals surface area contributed by atoms with E-state index in [1.54, 1.807) is 0 Å². The monoisotopic (exact) mass is 482 g/mol. The molecule has 4 rings (SSSR count). The van der Waals surface area contributed by atoms with E-state index >= 15 is 0 Å². The van der Waals surface area contributed by atoms with Crippen LogP contribution in [-0.2, 0) is 19.6 Å². The predicted octanol–water partition coefficient (Wildman–Crippen LogP) is 2.71. The van der Waals surface area contributed by atoms with Gasteiger partial charge in [-0.3, -0.25) is 9.59 Å². The number of sulfonamides is 1. The topological polar surface area (TPSA) is 116 Å². The van der Waals surface area contributed by atoms with E-state index in [4.69, 9.17) is 11.6 Å². The first-order valence-electron chi connectivity index (χ1n) is 10.9. The van der Waals surface area contributed by atoms with Gasteiger partial charge in [-0.05, 0) is 50.8 Å². The van der Waals surface area contributed by atoms with Crippen LogP contribution in [0, 0.1) is 0 Å². The fraction of sp³-hybridized carbons (Fsp3) is 0.571. The Morgan fingerprint density at radius 1 is 1.12 bits per heavy atom. The second-order valence-electron chi connectivity index (χ2n) is 8.67. The van der Waals surface area contributed by atoms with Gasteiger partial charge in [0.25, 0.3) is 5.91 Å². The molecule has 0 aromatic heterocycles. The van der Waals surface area contributed by atoms with Gasteiger partial charge in [0.1, 0.15) is 11.6 Å². The van der Waals surface area contributed by atoms with Crippen molar-refractivity contribution >= 4 is 45.2 Å². The second-order valence-corrected chi connectivity index (χ2v) is 11.0. The first-order valence-corrected chi connectivity index (χ1v) is 12.7. The normalized spacial score (nSPS) is 22.2. The van der Waals surface area contributed by atoms with Crippen molar-refractivity contribution in [1.29, 1.82) is 0 Å². The van der Waals surface area contributed by atoms with Crippen LogP contribution in [0.2, 0.25) is 5.02 Å². The summed E-state index contributed by atoms with van der Waals surface area (Å²) < 4.78 is 27.4. The van der Waals surface area contributed by atoms with Crippen LogP contribution in [0.5, 0.6) is 0 Å². The number of urea groups is 1. The number of nitrogens with zero attached hydrogens (tertiary/aromatic N) is 2. The summed E-state index contributed by atoms with van der Waals surface area (Å²) in [7, 11) is -3.71. The summed E-state index contributed by atoms with van der Waals surface area (Å²) in [5, 5.41) is 5.51. The van der Waals surface area contributed by atoms with E-state index in [-0.39, 0.29) is 15.6 Å². The molecule has 2 saturated heterocycles. The highest BCUT2D eigenvalue weighted by Gasteiger charge is 2.54. The van der Waals surface area contributed by atoms with Crippen molar-refractivity contribution in [2.24, 2.45) is 0 Å². The molecule has 174 valence electrons. The van der Waals surface area contributed by atoms with Crippen LogP contribution >= 0.6 is 11.6 Å². The van der Waals surface area contributed by atoms with E-state index in [1.807, 2.05) is 0 Å². The molecule has 1 spiro atoms. The zero-order chi connectivity index (χ0) is 23.1. The van der Waals surface area contributed by atoms with Crippen LogP contribution < -0.4 is 10.6 Å². The van der Waals surface area contributed by atoms with Crippen molar-refractivity contribution in [2.45, 2.75) is 68.3 Å². The number of anilines is 1. The summed E-state index contributed by atoms with van der Waals surface area (Å²) in [4.78, 5) is 39.3. The minimum absolute atomic E-state index is 0.0339. The Kier molecular flexibility index (Phi) is 6.21. The molecule has 4 amide bonds. The lowest BCUT2D eigenvalue weighted by molar-refractivity contribution is -0.136. The quantitative estimate of drug-likeness (QED) is 0.626. The minimum Gasteiger partial charge on any atom is -0.323 e. The van der Waals surface area contributed by atoms with Crippen LogP contribution in [0.4, 0.5) is 10.5 Å². The van der Waals surface area contributed by atoms with E-state index in [1.165, 1.54) is 29.4 Å². The van der Waals surface area contributed by atoms with Gasteiger partial charge in [-0.2, -0.15) is 4.31 Å². The molecule has 9 nitrogen and oxygen atoms in total. The lowest BCUT2D eigenvalue weighted by Gasteiger charge is -2.26. The summed E-state index contributed by atoms with van der Waals surface area (Å²) in [6.07, 6.45) is 5.41. The lowest BCUT2D eigenvalue weighted by Crippen LogP contribution is -2.48. The Hall–Kier alpha value is -2.17. The number of hydrogen-bond donors (Lipinski definition) is 2. The molecule has 11 heteroatoms. The largest absolute Gasteiger partial charge is 0.325 e. The van der Waals surface area contributed by atoms with Crippen molar-refractivity contribution in [3.63, 3.8) is 0 Å². The third-order valence-corrected chi connectivity index (χ3v) is 8.79. The van der Waals surface area contributed by atoms with Gasteiger partial charge in [0.2, 0.25) is 15.9 Å². The average molecular weight is 483 g/mol. The predicted molar refractivity (Wildman–Crippen MR) is 119 cm³/mol. The molecule has 0 bridgehead atoms. The number of piperidine rings is 1. The Morgan fingerprint density at radius 3 is 2.44 bits per heavy atom. The molecule has 1 saturated carbocycles. The van der Waals surface area contributed by atoms with Gasteiger partial charge in [0.05, 0.1) is 15.6 Å². The standard InChI is InChI=1S/C21H27ClN4O5S/c1-14(26-19(28)21(24-20(26)29)9-3-4-10-21)18(27)23-17-13-15(7-8-16(17)22)32(30,31)25-11-5-2-6-12-25/h7-8,13-14H,2-6,9-12H2,1H3,(H,23,27)(H,24,29)/t14-/m0/s1. The fourth-order valence-corrected chi connectivity index (χ4v) is 6.39. The van der Waals surface area contributed by atoms with Crippen LogP contribution in [0.15, 0.2) is 23.1 Å². The van der Waals surface area contributed by atoms with E-state index in [2.05, 4.69) is 10.6 Å². The maximum atomic E-state index is 13.0. The van der Waals surface area contributed by atoms with E-state index in [0.29, 0.717) is 25.9 Å². The number of rotatable bonds is 5. The summed E-state index contributed by atoms with van der Waals surface area (Å²) in [6, 6.07) is 2.47. The van der Waals surface area contributed by atoms with E-state index in [0.717, 1.165) is 37.0 Å². The minimum atomic E-state index is -3.71. The summed E-state index contributed by atoms with van der Waals surface area (Å²) in [5.41, 5.74) is -0.796. The SMILES string of the molecule is C[C@@H](C(=O)Nc1cc(S(=O)(=O)N2CCCCC2)ccc1Cl)N1C(=O)NC2(CCCC2)C1=O. The number of nitrogens with one attached hydrogen (secondary N) is 2. The summed E-state index contributed by atoms with van der Waals surface area (Å²) in [6.45, 7) is 2.37. The molecule has 2 heterocycles. The molecule has 3 fully saturated rings. The summed E-state index contributed by atoms with van der Waals surface area (Å²) in [5.74, 6) is -1.02. The number of benzene rings is 1. The number of hydrogen-bond acceptors (Lipinski definition) is 5. The zero-order valence-corrected chi connectivity index (χ0v) is 19.5. The molecule has 2 N–H and O–H groups in total. The van der Waals surface area contributed by atoms with Gasteiger partial charge in [-0.1, -0.05) is 30.9 Å². The maximum Gasteiger partial charge on any atom is 0.325 e. The Morgan fingerprint density at radius 2 is 1.78 bits per heavy atom. The molecule has 1 aromatic rings. The van der Waals surface area contributed by atoms with Gasteiger partial charge >= 0.3 is 6.03 Å². The molecule has 0 radical (unpaired) electrons. The van der Waals surface area contributed by atoms with Crippen LogP contribution in [0.3, 0.4) is 0 Å². The molecule has 0 unspecified atom stereocenters. The highest BCUT2D eigenvalue weighted by atomic mass is 35.5. The number of halogens is 1. The maximum absolute atomic E-state index is 13.0. The molecular formula is C21H27ClN4O5S. The average Bonchev–Trinajstić information content (AvgIpc) is 3.34. The van der Waals surface area contributed by atoms with E-state index in [9.17, 15) is 22.8 Å². The number of amides is 4. The van der Waals surface area contributed by atoms with Crippen molar-refractivity contribution in [3.05, 3.63) is 23.2 Å². The number of carbonyl (C=O) groups excluding carboxylic acids is 3. The van der Waals surface area contributed by atoms with Crippen molar-refractivity contribution in [1.82, 2.24) is 14.5 Å². The first kappa shape index (κ1) is 23.0. The number of imide groups is 1. The Bertz CT molecular complexity index is 1050. The van der Waals surface area contributed by atoms with Gasteiger partial charge in [0, 0.05) is 13.1 Å². The lowest BCUT2D eigenvalue weighted by atomic mass is 9.97. The second kappa shape index (κ2) is 8.64. The van der Waals surface area contributed by atoms with E-state index < -0.39 is 39.4 Å². The molecular weight excluding hydrogens is 456 g/mol. The van der Waals surface area contributed by atoms with Gasteiger partial charge in [0.15, 0.2) is 0 Å². The molecule has 3 aliphatic rings. The van der Waals surface area contributed by atoms with Crippen molar-refractivity contribution in [2.75, 3.05) is 18.4 Å². The molecule has 1 aromatic carbocycles.